The molecule has 0 saturated carbocycles. The van der Waals surface area contributed by atoms with Crippen molar-refractivity contribution in [1.82, 2.24) is 20.4 Å². The number of aromatic nitrogens is 4. The third-order valence-electron chi connectivity index (χ3n) is 2.87. The predicted octanol–water partition coefficient (Wildman–Crippen LogP) is 3.38. The SMILES string of the molecule is Brc1ccc(Nc2nnc(NCc3ccccc3)nn2)cc1. The Morgan fingerprint density at radius 1 is 0.773 bits per heavy atom. The second-order valence-corrected chi connectivity index (χ2v) is 5.43. The highest BCUT2D eigenvalue weighted by molar-refractivity contribution is 9.10. The molecular formula is C15H13BrN6. The molecule has 0 radical (unpaired) electrons. The predicted molar refractivity (Wildman–Crippen MR) is 88.8 cm³/mol. The van der Waals surface area contributed by atoms with Crippen LogP contribution in [0.1, 0.15) is 5.56 Å². The van der Waals surface area contributed by atoms with Crippen molar-refractivity contribution >= 4 is 33.5 Å². The van der Waals surface area contributed by atoms with Gasteiger partial charge in [-0.3, -0.25) is 0 Å². The summed E-state index contributed by atoms with van der Waals surface area (Å²) in [5, 5.41) is 22.1. The summed E-state index contributed by atoms with van der Waals surface area (Å²) >= 11 is 3.38. The van der Waals surface area contributed by atoms with Gasteiger partial charge < -0.3 is 10.6 Å². The van der Waals surface area contributed by atoms with Gasteiger partial charge in [0.1, 0.15) is 0 Å². The van der Waals surface area contributed by atoms with E-state index in [9.17, 15) is 0 Å². The van der Waals surface area contributed by atoms with Crippen LogP contribution in [0.5, 0.6) is 0 Å². The van der Waals surface area contributed by atoms with Gasteiger partial charge in [-0.05, 0) is 29.8 Å². The minimum Gasteiger partial charge on any atom is -0.348 e. The molecule has 22 heavy (non-hydrogen) atoms. The normalized spacial score (nSPS) is 10.2. The van der Waals surface area contributed by atoms with Gasteiger partial charge in [0.2, 0.25) is 0 Å². The summed E-state index contributed by atoms with van der Waals surface area (Å²) in [5.41, 5.74) is 2.01. The molecule has 0 unspecified atom stereocenters. The lowest BCUT2D eigenvalue weighted by Gasteiger charge is -2.05. The van der Waals surface area contributed by atoms with Crippen molar-refractivity contribution in [3.8, 4) is 0 Å². The van der Waals surface area contributed by atoms with Crippen LogP contribution in [0.25, 0.3) is 0 Å². The zero-order chi connectivity index (χ0) is 15.2. The minimum atomic E-state index is 0.354. The Balaban J connectivity index is 1.59. The average molecular weight is 357 g/mol. The van der Waals surface area contributed by atoms with E-state index in [0.29, 0.717) is 18.4 Å². The molecule has 3 aromatic rings. The highest BCUT2D eigenvalue weighted by Crippen LogP contribution is 2.16. The van der Waals surface area contributed by atoms with Crippen molar-refractivity contribution in [2.45, 2.75) is 6.54 Å². The van der Waals surface area contributed by atoms with E-state index < -0.39 is 0 Å². The van der Waals surface area contributed by atoms with Crippen LogP contribution in [0.2, 0.25) is 0 Å². The maximum atomic E-state index is 4.00. The Hall–Kier alpha value is -2.54. The molecule has 3 rings (SSSR count). The van der Waals surface area contributed by atoms with Crippen molar-refractivity contribution < 1.29 is 0 Å². The number of anilines is 3. The second-order valence-electron chi connectivity index (χ2n) is 4.52. The molecule has 0 spiro atoms. The van der Waals surface area contributed by atoms with Crippen LogP contribution < -0.4 is 10.6 Å². The molecule has 6 nitrogen and oxygen atoms in total. The molecule has 0 amide bonds. The third-order valence-corrected chi connectivity index (χ3v) is 3.40. The molecule has 110 valence electrons. The number of hydrogen-bond acceptors (Lipinski definition) is 6. The maximum Gasteiger partial charge on any atom is 0.266 e. The first-order valence-corrected chi connectivity index (χ1v) is 7.47. The van der Waals surface area contributed by atoms with Crippen LogP contribution in [0, 0.1) is 0 Å². The Kier molecular flexibility index (Phi) is 4.55. The van der Waals surface area contributed by atoms with E-state index in [1.54, 1.807) is 0 Å². The summed E-state index contributed by atoms with van der Waals surface area (Å²) in [6.45, 7) is 0.629. The summed E-state index contributed by atoms with van der Waals surface area (Å²) in [7, 11) is 0. The van der Waals surface area contributed by atoms with Gasteiger partial charge >= 0.3 is 0 Å². The fourth-order valence-corrected chi connectivity index (χ4v) is 2.05. The molecule has 2 N–H and O–H groups in total. The molecule has 0 atom stereocenters. The van der Waals surface area contributed by atoms with Gasteiger partial charge in [-0.15, -0.1) is 20.4 Å². The zero-order valence-electron chi connectivity index (χ0n) is 11.6. The van der Waals surface area contributed by atoms with Crippen molar-refractivity contribution in [2.75, 3.05) is 10.6 Å². The Labute approximate surface area is 136 Å². The van der Waals surface area contributed by atoms with Crippen molar-refractivity contribution in [3.05, 3.63) is 64.6 Å². The van der Waals surface area contributed by atoms with Gasteiger partial charge in [0.25, 0.3) is 11.9 Å². The summed E-state index contributed by atoms with van der Waals surface area (Å²) in [6, 6.07) is 17.7. The number of hydrogen-bond donors (Lipinski definition) is 2. The van der Waals surface area contributed by atoms with Crippen LogP contribution in [0.3, 0.4) is 0 Å². The molecule has 0 bridgehead atoms. The summed E-state index contributed by atoms with van der Waals surface area (Å²) in [6.07, 6.45) is 0. The van der Waals surface area contributed by atoms with Crippen LogP contribution in [0.15, 0.2) is 59.1 Å². The topological polar surface area (TPSA) is 75.6 Å². The fourth-order valence-electron chi connectivity index (χ4n) is 1.79. The lowest BCUT2D eigenvalue weighted by atomic mass is 10.2. The van der Waals surface area contributed by atoms with E-state index >= 15 is 0 Å². The monoisotopic (exact) mass is 356 g/mol. The Bertz CT molecular complexity index is 715. The molecule has 0 aliphatic rings. The highest BCUT2D eigenvalue weighted by Gasteiger charge is 2.02. The quantitative estimate of drug-likeness (QED) is 0.729. The minimum absolute atomic E-state index is 0.354. The maximum absolute atomic E-state index is 4.00. The highest BCUT2D eigenvalue weighted by atomic mass is 79.9. The second kappa shape index (κ2) is 6.95. The van der Waals surface area contributed by atoms with E-state index in [0.717, 1.165) is 15.7 Å². The van der Waals surface area contributed by atoms with Gasteiger partial charge in [-0.1, -0.05) is 46.3 Å². The first-order chi connectivity index (χ1) is 10.8. The molecular weight excluding hydrogens is 344 g/mol. The largest absolute Gasteiger partial charge is 0.348 e. The van der Waals surface area contributed by atoms with E-state index in [-0.39, 0.29) is 0 Å². The molecule has 1 heterocycles. The van der Waals surface area contributed by atoms with Crippen LogP contribution in [-0.4, -0.2) is 20.4 Å². The smallest absolute Gasteiger partial charge is 0.266 e. The van der Waals surface area contributed by atoms with E-state index in [1.807, 2.05) is 54.6 Å². The van der Waals surface area contributed by atoms with Crippen LogP contribution in [-0.2, 0) is 6.54 Å². The van der Waals surface area contributed by atoms with E-state index in [4.69, 9.17) is 0 Å². The van der Waals surface area contributed by atoms with Crippen molar-refractivity contribution in [1.29, 1.82) is 0 Å². The number of benzene rings is 2. The summed E-state index contributed by atoms with van der Waals surface area (Å²) in [5.74, 6) is 0.748. The molecule has 0 aliphatic carbocycles. The fraction of sp³-hybridized carbons (Fsp3) is 0.0667. The van der Waals surface area contributed by atoms with Crippen LogP contribution >= 0.6 is 15.9 Å². The Morgan fingerprint density at radius 3 is 2.09 bits per heavy atom. The van der Waals surface area contributed by atoms with Crippen LogP contribution in [0.4, 0.5) is 17.6 Å². The molecule has 1 aromatic heterocycles. The number of halogens is 1. The van der Waals surface area contributed by atoms with Gasteiger partial charge in [-0.2, -0.15) is 0 Å². The molecule has 2 aromatic carbocycles. The lowest BCUT2D eigenvalue weighted by molar-refractivity contribution is 0.858. The first kappa shape index (κ1) is 14.4. The Morgan fingerprint density at radius 2 is 1.41 bits per heavy atom. The first-order valence-electron chi connectivity index (χ1n) is 6.67. The number of nitrogens with zero attached hydrogens (tertiary/aromatic N) is 4. The molecule has 0 fully saturated rings. The van der Waals surface area contributed by atoms with Gasteiger partial charge in [-0.25, -0.2) is 0 Å². The number of nitrogens with one attached hydrogen (secondary N) is 2. The van der Waals surface area contributed by atoms with E-state index in [2.05, 4.69) is 47.0 Å². The molecule has 0 saturated heterocycles. The molecule has 7 heteroatoms. The van der Waals surface area contributed by atoms with E-state index in [1.165, 1.54) is 0 Å². The lowest BCUT2D eigenvalue weighted by Crippen LogP contribution is -2.08. The summed E-state index contributed by atoms with van der Waals surface area (Å²) in [4.78, 5) is 0. The van der Waals surface area contributed by atoms with Gasteiger partial charge in [0.15, 0.2) is 0 Å². The van der Waals surface area contributed by atoms with Gasteiger partial charge in [0.05, 0.1) is 0 Å². The molecule has 0 aliphatic heterocycles. The number of rotatable bonds is 5. The standard InChI is InChI=1S/C15H13BrN6/c16-12-6-8-13(9-7-12)18-15-21-19-14(20-22-15)17-10-11-4-2-1-3-5-11/h1-9H,10H2,(H,17,19,20)(H,18,21,22). The zero-order valence-corrected chi connectivity index (χ0v) is 13.2. The van der Waals surface area contributed by atoms with Crippen molar-refractivity contribution in [2.24, 2.45) is 0 Å². The van der Waals surface area contributed by atoms with Gasteiger partial charge in [0, 0.05) is 16.7 Å². The third kappa shape index (κ3) is 3.98. The van der Waals surface area contributed by atoms with Crippen molar-refractivity contribution in [3.63, 3.8) is 0 Å². The summed E-state index contributed by atoms with van der Waals surface area (Å²) < 4.78 is 1.01. The average Bonchev–Trinajstić information content (AvgIpc) is 2.57.